The Morgan fingerprint density at radius 1 is 1.00 bits per heavy atom. The van der Waals surface area contributed by atoms with Crippen molar-refractivity contribution >= 4 is 0 Å². The van der Waals surface area contributed by atoms with Crippen LogP contribution in [0.15, 0.2) is 49.1 Å². The Balaban J connectivity index is 3.35. The van der Waals surface area contributed by atoms with Gasteiger partial charge in [0.2, 0.25) is 0 Å². The van der Waals surface area contributed by atoms with Gasteiger partial charge in [-0.25, -0.2) is 0 Å². The van der Waals surface area contributed by atoms with Gasteiger partial charge < -0.3 is 0 Å². The second-order valence-electron chi connectivity index (χ2n) is 2.20. The standard InChI is InChI=1S/C11H16/c1-3-5-7-9-11-10-8-6-4-2/h3-4,6,8-11H,1,5,7H2,2H3/b6-4+,10-8+,11-9+. The zero-order valence-electron chi connectivity index (χ0n) is 7.16. The molecule has 0 bridgehead atoms. The van der Waals surface area contributed by atoms with Crippen LogP contribution in [0, 0.1) is 0 Å². The van der Waals surface area contributed by atoms with Gasteiger partial charge in [-0.3, -0.25) is 0 Å². The van der Waals surface area contributed by atoms with Crippen LogP contribution in [0.1, 0.15) is 19.8 Å². The lowest BCUT2D eigenvalue weighted by atomic mass is 10.3. The van der Waals surface area contributed by atoms with Crippen molar-refractivity contribution in [2.75, 3.05) is 0 Å². The fourth-order valence-corrected chi connectivity index (χ4v) is 0.628. The van der Waals surface area contributed by atoms with E-state index in [9.17, 15) is 0 Å². The predicted molar refractivity (Wildman–Crippen MR) is 52.5 cm³/mol. The smallest absolute Gasteiger partial charge is 0.0313 e. The summed E-state index contributed by atoms with van der Waals surface area (Å²) in [7, 11) is 0. The van der Waals surface area contributed by atoms with Gasteiger partial charge in [0.15, 0.2) is 0 Å². The van der Waals surface area contributed by atoms with Crippen molar-refractivity contribution < 1.29 is 0 Å². The number of hydrogen-bond acceptors (Lipinski definition) is 0. The molecule has 0 spiro atoms. The molecule has 0 heteroatoms. The van der Waals surface area contributed by atoms with Gasteiger partial charge >= 0.3 is 0 Å². The van der Waals surface area contributed by atoms with Crippen molar-refractivity contribution in [1.29, 1.82) is 0 Å². The fraction of sp³-hybridized carbons (Fsp3) is 0.273. The second-order valence-corrected chi connectivity index (χ2v) is 2.20. The summed E-state index contributed by atoms with van der Waals surface area (Å²) in [4.78, 5) is 0. The molecule has 0 saturated carbocycles. The average molecular weight is 148 g/mol. The van der Waals surface area contributed by atoms with Crippen molar-refractivity contribution in [1.82, 2.24) is 0 Å². The molecular formula is C11H16. The topological polar surface area (TPSA) is 0 Å². The number of unbranched alkanes of at least 4 members (excludes halogenated alkanes) is 1. The normalized spacial score (nSPS) is 12.1. The minimum atomic E-state index is 1.06. The molecular weight excluding hydrogens is 132 g/mol. The van der Waals surface area contributed by atoms with Crippen LogP contribution in [0.5, 0.6) is 0 Å². The SMILES string of the molecule is C=CCC/C=C/C=C/C=C/C. The molecule has 0 fully saturated rings. The highest BCUT2D eigenvalue weighted by Crippen LogP contribution is 1.91. The molecule has 0 aliphatic rings. The molecule has 0 aromatic carbocycles. The van der Waals surface area contributed by atoms with Crippen molar-refractivity contribution in [3.8, 4) is 0 Å². The highest BCUT2D eigenvalue weighted by atomic mass is 13.8. The summed E-state index contributed by atoms with van der Waals surface area (Å²) in [5.74, 6) is 0. The molecule has 0 aromatic rings. The van der Waals surface area contributed by atoms with Crippen LogP contribution < -0.4 is 0 Å². The van der Waals surface area contributed by atoms with Gasteiger partial charge in [-0.05, 0) is 19.8 Å². The Bertz CT molecular complexity index is 159. The monoisotopic (exact) mass is 148 g/mol. The Kier molecular flexibility index (Phi) is 8.11. The van der Waals surface area contributed by atoms with Crippen molar-refractivity contribution in [2.24, 2.45) is 0 Å². The minimum Gasteiger partial charge on any atom is -0.103 e. The molecule has 11 heavy (non-hydrogen) atoms. The summed E-state index contributed by atoms with van der Waals surface area (Å²) in [6, 6.07) is 0. The molecule has 0 aromatic heterocycles. The fourth-order valence-electron chi connectivity index (χ4n) is 0.628. The van der Waals surface area contributed by atoms with Crippen LogP contribution in [0.4, 0.5) is 0 Å². The summed E-state index contributed by atoms with van der Waals surface area (Å²) >= 11 is 0. The van der Waals surface area contributed by atoms with Crippen LogP contribution in [0.25, 0.3) is 0 Å². The maximum atomic E-state index is 3.64. The van der Waals surface area contributed by atoms with Gasteiger partial charge in [-0.15, -0.1) is 6.58 Å². The van der Waals surface area contributed by atoms with Gasteiger partial charge in [0, 0.05) is 0 Å². The van der Waals surface area contributed by atoms with Crippen molar-refractivity contribution in [3.63, 3.8) is 0 Å². The van der Waals surface area contributed by atoms with Gasteiger partial charge in [0.25, 0.3) is 0 Å². The number of hydrogen-bond donors (Lipinski definition) is 0. The third kappa shape index (κ3) is 8.96. The van der Waals surface area contributed by atoms with Crippen LogP contribution in [-0.2, 0) is 0 Å². The van der Waals surface area contributed by atoms with Gasteiger partial charge in [-0.1, -0.05) is 42.5 Å². The van der Waals surface area contributed by atoms with E-state index < -0.39 is 0 Å². The van der Waals surface area contributed by atoms with E-state index in [1.54, 1.807) is 0 Å². The molecule has 0 rings (SSSR count). The van der Waals surface area contributed by atoms with Gasteiger partial charge in [0.05, 0.1) is 0 Å². The van der Waals surface area contributed by atoms with E-state index in [4.69, 9.17) is 0 Å². The van der Waals surface area contributed by atoms with E-state index in [2.05, 4.69) is 18.7 Å². The van der Waals surface area contributed by atoms with E-state index in [1.807, 2.05) is 37.3 Å². The summed E-state index contributed by atoms with van der Waals surface area (Å²) < 4.78 is 0. The third-order valence-corrected chi connectivity index (χ3v) is 1.20. The summed E-state index contributed by atoms with van der Waals surface area (Å²) in [6.45, 7) is 5.65. The quantitative estimate of drug-likeness (QED) is 0.317. The first-order chi connectivity index (χ1) is 5.41. The van der Waals surface area contributed by atoms with Crippen molar-refractivity contribution in [2.45, 2.75) is 19.8 Å². The molecule has 0 radical (unpaired) electrons. The van der Waals surface area contributed by atoms with Crippen LogP contribution in [0.2, 0.25) is 0 Å². The maximum absolute atomic E-state index is 3.64. The van der Waals surface area contributed by atoms with Crippen molar-refractivity contribution in [3.05, 3.63) is 49.1 Å². The lowest BCUT2D eigenvalue weighted by Crippen LogP contribution is -1.60. The predicted octanol–water partition coefficient (Wildman–Crippen LogP) is 3.64. The van der Waals surface area contributed by atoms with Crippen LogP contribution >= 0.6 is 0 Å². The minimum absolute atomic E-state index is 1.06. The molecule has 0 unspecified atom stereocenters. The maximum Gasteiger partial charge on any atom is -0.0313 e. The van der Waals surface area contributed by atoms with E-state index in [-0.39, 0.29) is 0 Å². The first kappa shape index (κ1) is 9.96. The molecule has 0 atom stereocenters. The largest absolute Gasteiger partial charge is 0.103 e. The molecule has 0 saturated heterocycles. The Labute approximate surface area is 69.6 Å². The molecule has 0 amide bonds. The molecule has 0 nitrogen and oxygen atoms in total. The van der Waals surface area contributed by atoms with E-state index in [1.165, 1.54) is 0 Å². The molecule has 0 heterocycles. The molecule has 0 aliphatic carbocycles. The molecule has 0 aliphatic heterocycles. The third-order valence-electron chi connectivity index (χ3n) is 1.20. The highest BCUT2D eigenvalue weighted by Gasteiger charge is 1.70. The average Bonchev–Trinajstić information content (AvgIpc) is 2.03. The highest BCUT2D eigenvalue weighted by molar-refractivity contribution is 5.10. The van der Waals surface area contributed by atoms with Crippen LogP contribution in [-0.4, -0.2) is 0 Å². The van der Waals surface area contributed by atoms with E-state index >= 15 is 0 Å². The van der Waals surface area contributed by atoms with E-state index in [0.29, 0.717) is 0 Å². The molecule has 60 valence electrons. The first-order valence-corrected chi connectivity index (χ1v) is 3.97. The lowest BCUT2D eigenvalue weighted by molar-refractivity contribution is 1.06. The first-order valence-electron chi connectivity index (χ1n) is 3.97. The Hall–Kier alpha value is -1.04. The number of rotatable bonds is 5. The van der Waals surface area contributed by atoms with Crippen LogP contribution in [0.3, 0.4) is 0 Å². The Morgan fingerprint density at radius 2 is 1.73 bits per heavy atom. The second kappa shape index (κ2) is 8.96. The number of allylic oxidation sites excluding steroid dienone is 7. The summed E-state index contributed by atoms with van der Waals surface area (Å²) in [5.41, 5.74) is 0. The van der Waals surface area contributed by atoms with Gasteiger partial charge in [0.1, 0.15) is 0 Å². The zero-order valence-corrected chi connectivity index (χ0v) is 7.16. The van der Waals surface area contributed by atoms with E-state index in [0.717, 1.165) is 12.8 Å². The lowest BCUT2D eigenvalue weighted by Gasteiger charge is -1.81. The summed E-state index contributed by atoms with van der Waals surface area (Å²) in [6.07, 6.45) is 16.3. The zero-order chi connectivity index (χ0) is 8.36. The Morgan fingerprint density at radius 3 is 2.36 bits per heavy atom. The van der Waals surface area contributed by atoms with Gasteiger partial charge in [-0.2, -0.15) is 0 Å². The summed E-state index contributed by atoms with van der Waals surface area (Å²) in [5, 5.41) is 0. The molecule has 0 N–H and O–H groups in total.